The van der Waals surface area contributed by atoms with Gasteiger partial charge in [-0.2, -0.15) is 5.10 Å². The highest BCUT2D eigenvalue weighted by atomic mass is 16.2. The molecule has 3 rings (SSSR count). The molecule has 112 valence electrons. The predicted molar refractivity (Wildman–Crippen MR) is 88.7 cm³/mol. The van der Waals surface area contributed by atoms with Gasteiger partial charge >= 0.3 is 0 Å². The van der Waals surface area contributed by atoms with Crippen LogP contribution in [-0.4, -0.2) is 11.6 Å². The highest BCUT2D eigenvalue weighted by Crippen LogP contribution is 2.47. The molecule has 0 heterocycles. The number of hydrogen-bond donors (Lipinski definition) is 1. The number of hydrogen-bond acceptors (Lipinski definition) is 2. The predicted octanol–water partition coefficient (Wildman–Crippen LogP) is 3.52. The monoisotopic (exact) mass is 292 g/mol. The van der Waals surface area contributed by atoms with E-state index in [1.54, 1.807) is 0 Å². The Bertz CT molecular complexity index is 664. The molecular formula is C19H20N2O. The first-order valence-electron chi connectivity index (χ1n) is 7.66. The van der Waals surface area contributed by atoms with E-state index in [9.17, 15) is 4.79 Å². The van der Waals surface area contributed by atoms with Gasteiger partial charge in [-0.05, 0) is 30.4 Å². The van der Waals surface area contributed by atoms with Gasteiger partial charge in [-0.15, -0.1) is 0 Å². The Morgan fingerprint density at radius 3 is 2.41 bits per heavy atom. The minimum Gasteiger partial charge on any atom is -0.273 e. The highest BCUT2D eigenvalue weighted by molar-refractivity contribution is 5.87. The lowest BCUT2D eigenvalue weighted by molar-refractivity contribution is -0.122. The van der Waals surface area contributed by atoms with Crippen molar-refractivity contribution in [2.45, 2.75) is 25.7 Å². The summed E-state index contributed by atoms with van der Waals surface area (Å²) in [5.74, 6) is 0.447. The molecule has 1 fully saturated rings. The van der Waals surface area contributed by atoms with Gasteiger partial charge in [-0.1, -0.05) is 60.7 Å². The summed E-state index contributed by atoms with van der Waals surface area (Å²) in [6.07, 6.45) is 1.68. The van der Waals surface area contributed by atoms with Crippen molar-refractivity contribution < 1.29 is 4.79 Å². The second-order valence-corrected chi connectivity index (χ2v) is 5.84. The normalized spacial score (nSPS) is 20.5. The fraction of sp³-hybridized carbons (Fsp3) is 0.263. The molecule has 1 aliphatic carbocycles. The van der Waals surface area contributed by atoms with Gasteiger partial charge in [0, 0.05) is 18.1 Å². The Hall–Kier alpha value is -2.42. The molecule has 2 aromatic rings. The van der Waals surface area contributed by atoms with E-state index in [0.29, 0.717) is 5.92 Å². The number of nitrogens with one attached hydrogen (secondary N) is 1. The van der Waals surface area contributed by atoms with Gasteiger partial charge in [-0.25, -0.2) is 5.43 Å². The van der Waals surface area contributed by atoms with Gasteiger partial charge < -0.3 is 0 Å². The van der Waals surface area contributed by atoms with Crippen LogP contribution in [0.15, 0.2) is 65.8 Å². The fourth-order valence-corrected chi connectivity index (χ4v) is 2.72. The zero-order valence-corrected chi connectivity index (χ0v) is 12.7. The number of nitrogens with zero attached hydrogens (tertiary/aromatic N) is 1. The summed E-state index contributed by atoms with van der Waals surface area (Å²) in [7, 11) is 0. The van der Waals surface area contributed by atoms with Crippen LogP contribution in [0.4, 0.5) is 0 Å². The van der Waals surface area contributed by atoms with E-state index < -0.39 is 0 Å². The Morgan fingerprint density at radius 1 is 1.09 bits per heavy atom. The van der Waals surface area contributed by atoms with Crippen molar-refractivity contribution in [2.24, 2.45) is 11.0 Å². The molecule has 0 aromatic heterocycles. The summed E-state index contributed by atoms with van der Waals surface area (Å²) >= 11 is 0. The van der Waals surface area contributed by atoms with E-state index in [2.05, 4.69) is 34.8 Å². The Kier molecular flexibility index (Phi) is 4.33. The van der Waals surface area contributed by atoms with Crippen molar-refractivity contribution in [1.29, 1.82) is 0 Å². The molecule has 1 amide bonds. The topological polar surface area (TPSA) is 41.5 Å². The minimum atomic E-state index is 0.0289. The summed E-state index contributed by atoms with van der Waals surface area (Å²) < 4.78 is 0. The van der Waals surface area contributed by atoms with Crippen LogP contribution in [0.5, 0.6) is 0 Å². The maximum Gasteiger partial charge on any atom is 0.243 e. The van der Waals surface area contributed by atoms with Crippen LogP contribution in [0, 0.1) is 5.92 Å². The second-order valence-electron chi connectivity index (χ2n) is 5.84. The molecule has 1 aliphatic rings. The van der Waals surface area contributed by atoms with E-state index in [4.69, 9.17) is 0 Å². The molecule has 0 bridgehead atoms. The molecular weight excluding hydrogens is 272 g/mol. The van der Waals surface area contributed by atoms with Gasteiger partial charge in [0.05, 0.1) is 0 Å². The fourth-order valence-electron chi connectivity index (χ4n) is 2.72. The Labute approximate surface area is 131 Å². The van der Waals surface area contributed by atoms with Crippen LogP contribution in [-0.2, 0) is 11.2 Å². The summed E-state index contributed by atoms with van der Waals surface area (Å²) in [6.45, 7) is 1.94. The molecule has 0 aliphatic heterocycles. The largest absolute Gasteiger partial charge is 0.273 e. The Balaban J connectivity index is 1.52. The smallest absolute Gasteiger partial charge is 0.243 e. The van der Waals surface area contributed by atoms with Gasteiger partial charge in [0.15, 0.2) is 0 Å². The average molecular weight is 292 g/mol. The van der Waals surface area contributed by atoms with Crippen molar-refractivity contribution in [2.75, 3.05) is 0 Å². The summed E-state index contributed by atoms with van der Waals surface area (Å²) in [4.78, 5) is 12.1. The number of carbonyl (C=O) groups is 1. The molecule has 2 aromatic carbocycles. The molecule has 0 spiro atoms. The zero-order valence-electron chi connectivity index (χ0n) is 12.7. The van der Waals surface area contributed by atoms with E-state index >= 15 is 0 Å². The molecule has 2 unspecified atom stereocenters. The standard InChI is InChI=1S/C19H20N2O/c1-14(12-15-8-4-2-5-9-15)20-21-19(22)18-13-17(18)16-10-6-3-7-11-16/h2-11,17-18H,12-13H2,1H3,(H,21,22)/b20-14+. The lowest BCUT2D eigenvalue weighted by Crippen LogP contribution is -2.21. The summed E-state index contributed by atoms with van der Waals surface area (Å²) in [5, 5.41) is 4.23. The number of hydrazone groups is 1. The maximum absolute atomic E-state index is 12.1. The third kappa shape index (κ3) is 3.61. The van der Waals surface area contributed by atoms with Crippen molar-refractivity contribution in [3.05, 3.63) is 71.8 Å². The Morgan fingerprint density at radius 2 is 1.73 bits per heavy atom. The van der Waals surface area contributed by atoms with Crippen molar-refractivity contribution >= 4 is 11.6 Å². The molecule has 3 nitrogen and oxygen atoms in total. The third-order valence-corrected chi connectivity index (χ3v) is 4.01. The average Bonchev–Trinajstić information content (AvgIpc) is 3.35. The summed E-state index contributed by atoms with van der Waals surface area (Å²) in [6, 6.07) is 20.3. The molecule has 1 N–H and O–H groups in total. The number of benzene rings is 2. The first-order chi connectivity index (χ1) is 10.7. The highest BCUT2D eigenvalue weighted by Gasteiger charge is 2.43. The van der Waals surface area contributed by atoms with Crippen molar-refractivity contribution in [3.8, 4) is 0 Å². The number of rotatable bonds is 5. The zero-order chi connectivity index (χ0) is 15.4. The number of carbonyl (C=O) groups excluding carboxylic acids is 1. The molecule has 22 heavy (non-hydrogen) atoms. The van der Waals surface area contributed by atoms with Gasteiger partial charge in [-0.3, -0.25) is 4.79 Å². The van der Waals surface area contributed by atoms with Crippen LogP contribution in [0.25, 0.3) is 0 Å². The molecule has 0 saturated heterocycles. The van der Waals surface area contributed by atoms with Crippen LogP contribution in [0.2, 0.25) is 0 Å². The van der Waals surface area contributed by atoms with Crippen molar-refractivity contribution in [3.63, 3.8) is 0 Å². The lowest BCUT2D eigenvalue weighted by atomic mass is 10.1. The van der Waals surface area contributed by atoms with Gasteiger partial charge in [0.2, 0.25) is 5.91 Å². The van der Waals surface area contributed by atoms with Gasteiger partial charge in [0.1, 0.15) is 0 Å². The van der Waals surface area contributed by atoms with Gasteiger partial charge in [0.25, 0.3) is 0 Å². The summed E-state index contributed by atoms with van der Waals surface area (Å²) in [5.41, 5.74) is 6.07. The third-order valence-electron chi connectivity index (χ3n) is 4.01. The SMILES string of the molecule is C/C(Cc1ccccc1)=N\NC(=O)C1CC1c1ccccc1. The maximum atomic E-state index is 12.1. The van der Waals surface area contributed by atoms with E-state index in [-0.39, 0.29) is 11.8 Å². The second kappa shape index (κ2) is 6.56. The van der Waals surface area contributed by atoms with Crippen LogP contribution < -0.4 is 5.43 Å². The molecule has 2 atom stereocenters. The van der Waals surface area contributed by atoms with Crippen molar-refractivity contribution in [1.82, 2.24) is 5.43 Å². The lowest BCUT2D eigenvalue weighted by Gasteiger charge is -2.03. The van der Waals surface area contributed by atoms with E-state index in [1.165, 1.54) is 11.1 Å². The molecule has 0 radical (unpaired) electrons. The van der Waals surface area contributed by atoms with Crippen LogP contribution >= 0.6 is 0 Å². The quantitative estimate of drug-likeness (QED) is 0.665. The van der Waals surface area contributed by atoms with Crippen LogP contribution in [0.1, 0.15) is 30.4 Å². The molecule has 1 saturated carbocycles. The van der Waals surface area contributed by atoms with E-state index in [0.717, 1.165) is 18.6 Å². The first kappa shape index (κ1) is 14.5. The minimum absolute atomic E-state index is 0.0289. The number of amides is 1. The van der Waals surface area contributed by atoms with Crippen LogP contribution in [0.3, 0.4) is 0 Å². The molecule has 3 heteroatoms. The van der Waals surface area contributed by atoms with E-state index in [1.807, 2.05) is 43.3 Å². The first-order valence-corrected chi connectivity index (χ1v) is 7.66.